The highest BCUT2D eigenvalue weighted by atomic mass is 16.5. The monoisotopic (exact) mass is 359 g/mol. The van der Waals surface area contributed by atoms with Crippen molar-refractivity contribution < 1.29 is 14.3 Å². The summed E-state index contributed by atoms with van der Waals surface area (Å²) >= 11 is 0. The Balaban J connectivity index is 1.38. The van der Waals surface area contributed by atoms with Crippen molar-refractivity contribution in [1.29, 1.82) is 0 Å². The summed E-state index contributed by atoms with van der Waals surface area (Å²) in [6.07, 6.45) is 1.56. The Morgan fingerprint density at radius 3 is 2.73 bits per heavy atom. The number of ether oxygens (including phenoxy) is 1. The standard InChI is InChI=1S/C20H29N3O3/c1-4-15-6-5-7-17(8-15)26-18-12-22(13-18)20(25)21-10-16-9-19(24)23(11-16)14(2)3/h5-8,14,16,18H,4,9-13H2,1-3H3,(H,21,25)/t16-/m1/s1. The van der Waals surface area contributed by atoms with Crippen LogP contribution in [0, 0.1) is 5.92 Å². The van der Waals surface area contributed by atoms with Gasteiger partial charge in [-0.05, 0) is 38.0 Å². The van der Waals surface area contributed by atoms with Gasteiger partial charge in [0.05, 0.1) is 13.1 Å². The van der Waals surface area contributed by atoms with Gasteiger partial charge < -0.3 is 19.9 Å². The Hall–Kier alpha value is -2.24. The largest absolute Gasteiger partial charge is 0.487 e. The van der Waals surface area contributed by atoms with Crippen molar-refractivity contribution in [2.24, 2.45) is 5.92 Å². The molecule has 1 aromatic carbocycles. The zero-order valence-corrected chi connectivity index (χ0v) is 15.9. The Bertz CT molecular complexity index is 655. The van der Waals surface area contributed by atoms with Gasteiger partial charge in [-0.25, -0.2) is 4.79 Å². The fraction of sp³-hybridized carbons (Fsp3) is 0.600. The zero-order valence-electron chi connectivity index (χ0n) is 15.9. The lowest BCUT2D eigenvalue weighted by molar-refractivity contribution is -0.129. The molecule has 26 heavy (non-hydrogen) atoms. The number of nitrogens with zero attached hydrogens (tertiary/aromatic N) is 2. The summed E-state index contributed by atoms with van der Waals surface area (Å²) in [4.78, 5) is 27.8. The molecular weight excluding hydrogens is 330 g/mol. The lowest BCUT2D eigenvalue weighted by Crippen LogP contribution is -2.59. The summed E-state index contributed by atoms with van der Waals surface area (Å²) in [6, 6.07) is 8.26. The second-order valence-electron chi connectivity index (χ2n) is 7.54. The quantitative estimate of drug-likeness (QED) is 0.848. The van der Waals surface area contributed by atoms with E-state index in [0.29, 0.717) is 26.1 Å². The molecule has 2 aliphatic rings. The molecule has 2 fully saturated rings. The van der Waals surface area contributed by atoms with E-state index in [0.717, 1.165) is 18.7 Å². The van der Waals surface area contributed by atoms with Crippen molar-refractivity contribution in [3.8, 4) is 5.75 Å². The molecule has 0 aliphatic carbocycles. The van der Waals surface area contributed by atoms with Crippen LogP contribution < -0.4 is 10.1 Å². The van der Waals surface area contributed by atoms with Crippen molar-refractivity contribution in [2.75, 3.05) is 26.2 Å². The number of likely N-dealkylation sites (tertiary alicyclic amines) is 2. The van der Waals surface area contributed by atoms with Crippen LogP contribution in [0.25, 0.3) is 0 Å². The number of hydrogen-bond donors (Lipinski definition) is 1. The molecule has 2 heterocycles. The molecule has 3 amide bonds. The smallest absolute Gasteiger partial charge is 0.317 e. The van der Waals surface area contributed by atoms with E-state index >= 15 is 0 Å². The fourth-order valence-corrected chi connectivity index (χ4v) is 3.50. The van der Waals surface area contributed by atoms with Gasteiger partial charge in [0.15, 0.2) is 0 Å². The molecule has 0 unspecified atom stereocenters. The van der Waals surface area contributed by atoms with Crippen LogP contribution >= 0.6 is 0 Å². The minimum absolute atomic E-state index is 0.0531. The summed E-state index contributed by atoms with van der Waals surface area (Å²) in [5, 5.41) is 2.96. The van der Waals surface area contributed by atoms with Gasteiger partial charge in [-0.3, -0.25) is 4.79 Å². The number of carbonyl (C=O) groups excluding carboxylic acids is 2. The lowest BCUT2D eigenvalue weighted by Gasteiger charge is -2.39. The first-order valence-corrected chi connectivity index (χ1v) is 9.54. The minimum Gasteiger partial charge on any atom is -0.487 e. The number of amides is 3. The molecule has 0 radical (unpaired) electrons. The van der Waals surface area contributed by atoms with Crippen LogP contribution in [0.2, 0.25) is 0 Å². The number of urea groups is 1. The average molecular weight is 359 g/mol. The second-order valence-corrected chi connectivity index (χ2v) is 7.54. The predicted molar refractivity (Wildman–Crippen MR) is 100 cm³/mol. The molecule has 2 aliphatic heterocycles. The molecule has 1 aromatic rings. The Morgan fingerprint density at radius 2 is 2.08 bits per heavy atom. The normalized spacial score (nSPS) is 20.5. The van der Waals surface area contributed by atoms with Crippen molar-refractivity contribution in [2.45, 2.75) is 45.8 Å². The maximum Gasteiger partial charge on any atom is 0.317 e. The number of rotatable bonds is 6. The van der Waals surface area contributed by atoms with E-state index in [1.54, 1.807) is 4.90 Å². The Kier molecular flexibility index (Phi) is 5.69. The van der Waals surface area contributed by atoms with Gasteiger partial charge >= 0.3 is 6.03 Å². The zero-order chi connectivity index (χ0) is 18.7. The minimum atomic E-state index is -0.0670. The summed E-state index contributed by atoms with van der Waals surface area (Å²) in [5.74, 6) is 1.26. The van der Waals surface area contributed by atoms with Crippen LogP contribution in [0.15, 0.2) is 24.3 Å². The van der Waals surface area contributed by atoms with Gasteiger partial charge in [0.1, 0.15) is 11.9 Å². The highest BCUT2D eigenvalue weighted by molar-refractivity contribution is 5.79. The first-order valence-electron chi connectivity index (χ1n) is 9.54. The molecule has 6 nitrogen and oxygen atoms in total. The molecule has 0 saturated carbocycles. The molecule has 0 bridgehead atoms. The number of hydrogen-bond acceptors (Lipinski definition) is 3. The third kappa shape index (κ3) is 4.29. The fourth-order valence-electron chi connectivity index (χ4n) is 3.50. The van der Waals surface area contributed by atoms with E-state index < -0.39 is 0 Å². The third-order valence-electron chi connectivity index (χ3n) is 5.15. The van der Waals surface area contributed by atoms with Crippen LogP contribution in [0.5, 0.6) is 5.75 Å². The van der Waals surface area contributed by atoms with Crippen molar-refractivity contribution >= 4 is 11.9 Å². The van der Waals surface area contributed by atoms with Gasteiger partial charge in [-0.2, -0.15) is 0 Å². The number of aryl methyl sites for hydroxylation is 1. The van der Waals surface area contributed by atoms with E-state index in [1.807, 2.05) is 30.9 Å². The van der Waals surface area contributed by atoms with Gasteiger partial charge in [0, 0.05) is 31.5 Å². The molecule has 1 N–H and O–H groups in total. The average Bonchev–Trinajstić information content (AvgIpc) is 2.97. The highest BCUT2D eigenvalue weighted by Gasteiger charge is 2.34. The number of nitrogens with one attached hydrogen (secondary N) is 1. The third-order valence-corrected chi connectivity index (χ3v) is 5.15. The molecule has 0 spiro atoms. The van der Waals surface area contributed by atoms with Crippen LogP contribution in [-0.4, -0.2) is 60.1 Å². The molecule has 3 rings (SSSR count). The first kappa shape index (κ1) is 18.5. The van der Waals surface area contributed by atoms with Crippen molar-refractivity contribution in [1.82, 2.24) is 15.1 Å². The molecule has 0 aromatic heterocycles. The maximum atomic E-state index is 12.2. The van der Waals surface area contributed by atoms with Gasteiger partial charge in [0.2, 0.25) is 5.91 Å². The van der Waals surface area contributed by atoms with Gasteiger partial charge in [-0.1, -0.05) is 19.1 Å². The molecule has 2 saturated heterocycles. The van der Waals surface area contributed by atoms with Crippen LogP contribution in [0.4, 0.5) is 4.79 Å². The molecular formula is C20H29N3O3. The molecule has 142 valence electrons. The number of carbonyl (C=O) groups is 2. The number of benzene rings is 1. The van der Waals surface area contributed by atoms with Gasteiger partial charge in [-0.15, -0.1) is 0 Å². The highest BCUT2D eigenvalue weighted by Crippen LogP contribution is 2.21. The second kappa shape index (κ2) is 7.98. The maximum absolute atomic E-state index is 12.2. The van der Waals surface area contributed by atoms with Gasteiger partial charge in [0.25, 0.3) is 0 Å². The summed E-state index contributed by atoms with van der Waals surface area (Å²) < 4.78 is 5.93. The topological polar surface area (TPSA) is 61.9 Å². The van der Waals surface area contributed by atoms with E-state index in [4.69, 9.17) is 4.74 Å². The predicted octanol–water partition coefficient (Wildman–Crippen LogP) is 2.28. The van der Waals surface area contributed by atoms with Crippen LogP contribution in [0.1, 0.15) is 32.8 Å². The molecule has 1 atom stereocenters. The molecule has 6 heteroatoms. The van der Waals surface area contributed by atoms with E-state index in [2.05, 4.69) is 24.4 Å². The Morgan fingerprint density at radius 1 is 1.31 bits per heavy atom. The summed E-state index contributed by atoms with van der Waals surface area (Å²) in [6.45, 7) is 8.65. The van der Waals surface area contributed by atoms with Crippen LogP contribution in [-0.2, 0) is 11.2 Å². The van der Waals surface area contributed by atoms with E-state index in [-0.39, 0.29) is 30.0 Å². The SMILES string of the molecule is CCc1cccc(OC2CN(C(=O)NC[C@H]3CC(=O)N(C(C)C)C3)C2)c1. The van der Waals surface area contributed by atoms with Crippen LogP contribution in [0.3, 0.4) is 0 Å². The lowest BCUT2D eigenvalue weighted by atomic mass is 10.1. The van der Waals surface area contributed by atoms with E-state index in [9.17, 15) is 9.59 Å². The summed E-state index contributed by atoms with van der Waals surface area (Å²) in [7, 11) is 0. The van der Waals surface area contributed by atoms with E-state index in [1.165, 1.54) is 5.56 Å². The summed E-state index contributed by atoms with van der Waals surface area (Å²) in [5.41, 5.74) is 1.25. The first-order chi connectivity index (χ1) is 12.5. The van der Waals surface area contributed by atoms with Crippen molar-refractivity contribution in [3.63, 3.8) is 0 Å². The Labute approximate surface area is 155 Å². The van der Waals surface area contributed by atoms with Crippen molar-refractivity contribution in [3.05, 3.63) is 29.8 Å².